The van der Waals surface area contributed by atoms with Crippen molar-refractivity contribution >= 4 is 5.97 Å². The van der Waals surface area contributed by atoms with Crippen LogP contribution in [0.15, 0.2) is 0 Å². The molecule has 0 aromatic rings. The van der Waals surface area contributed by atoms with Crippen molar-refractivity contribution in [1.29, 1.82) is 0 Å². The van der Waals surface area contributed by atoms with Gasteiger partial charge in [-0.2, -0.15) is 0 Å². The van der Waals surface area contributed by atoms with E-state index in [0.29, 0.717) is 12.6 Å². The van der Waals surface area contributed by atoms with Gasteiger partial charge in [0.2, 0.25) is 0 Å². The van der Waals surface area contributed by atoms with E-state index in [4.69, 9.17) is 5.11 Å². The zero-order valence-corrected chi connectivity index (χ0v) is 9.35. The van der Waals surface area contributed by atoms with E-state index in [-0.39, 0.29) is 6.42 Å². The number of hydrogen-bond acceptors (Lipinski definition) is 3. The summed E-state index contributed by atoms with van der Waals surface area (Å²) in [6.07, 6.45) is 3.00. The van der Waals surface area contributed by atoms with Crippen molar-refractivity contribution < 1.29 is 9.90 Å². The van der Waals surface area contributed by atoms with Crippen LogP contribution in [-0.4, -0.2) is 59.1 Å². The third-order valence-corrected chi connectivity index (χ3v) is 3.42. The predicted octanol–water partition coefficient (Wildman–Crippen LogP) is 0.630. The fraction of sp³-hybridized carbons (Fsp3) is 0.909. The summed E-state index contributed by atoms with van der Waals surface area (Å²) in [4.78, 5) is 15.3. The quantitative estimate of drug-likeness (QED) is 0.742. The van der Waals surface area contributed by atoms with Gasteiger partial charge in [0.15, 0.2) is 0 Å². The first kappa shape index (κ1) is 10.9. The molecule has 1 heterocycles. The number of nitrogens with zero attached hydrogens (tertiary/aromatic N) is 2. The number of aliphatic carboxylic acids is 1. The molecule has 0 radical (unpaired) electrons. The Bertz CT molecular complexity index is 241. The first-order valence-corrected chi connectivity index (χ1v) is 5.86. The van der Waals surface area contributed by atoms with E-state index in [0.717, 1.165) is 25.7 Å². The fourth-order valence-electron chi connectivity index (χ4n) is 2.45. The molecule has 86 valence electrons. The SMILES string of the molecule is CC1CN(CCC(=O)O)CCN1C1CC1. The second kappa shape index (κ2) is 4.49. The number of carbonyl (C=O) groups is 1. The molecule has 1 N–H and O–H groups in total. The second-order valence-corrected chi connectivity index (χ2v) is 4.76. The average Bonchev–Trinajstić information content (AvgIpc) is 2.98. The molecule has 1 unspecified atom stereocenters. The van der Waals surface area contributed by atoms with Gasteiger partial charge in [-0.15, -0.1) is 0 Å². The molecule has 15 heavy (non-hydrogen) atoms. The summed E-state index contributed by atoms with van der Waals surface area (Å²) in [7, 11) is 0. The molecule has 0 amide bonds. The van der Waals surface area contributed by atoms with Gasteiger partial charge >= 0.3 is 5.97 Å². The van der Waals surface area contributed by atoms with Crippen LogP contribution in [0, 0.1) is 0 Å². The molecular formula is C11H20N2O2. The summed E-state index contributed by atoms with van der Waals surface area (Å²) in [5.74, 6) is -0.688. The van der Waals surface area contributed by atoms with Crippen LogP contribution in [0.3, 0.4) is 0 Å². The minimum Gasteiger partial charge on any atom is -0.481 e. The van der Waals surface area contributed by atoms with Crippen LogP contribution < -0.4 is 0 Å². The molecule has 1 saturated heterocycles. The Morgan fingerprint density at radius 3 is 2.67 bits per heavy atom. The Labute approximate surface area is 90.9 Å². The molecule has 4 nitrogen and oxygen atoms in total. The van der Waals surface area contributed by atoms with Crippen molar-refractivity contribution in [1.82, 2.24) is 9.80 Å². The first-order chi connectivity index (χ1) is 7.16. The lowest BCUT2D eigenvalue weighted by Gasteiger charge is -2.39. The topological polar surface area (TPSA) is 43.8 Å². The summed E-state index contributed by atoms with van der Waals surface area (Å²) in [6.45, 7) is 6.15. The van der Waals surface area contributed by atoms with Gasteiger partial charge in [0.1, 0.15) is 0 Å². The molecule has 0 bridgehead atoms. The highest BCUT2D eigenvalue weighted by molar-refractivity contribution is 5.66. The Morgan fingerprint density at radius 2 is 2.13 bits per heavy atom. The van der Waals surface area contributed by atoms with E-state index in [1.165, 1.54) is 12.8 Å². The molecule has 2 rings (SSSR count). The van der Waals surface area contributed by atoms with Gasteiger partial charge in [0, 0.05) is 38.3 Å². The van der Waals surface area contributed by atoms with Crippen molar-refractivity contribution in [2.45, 2.75) is 38.3 Å². The number of carboxylic acid groups (broad SMARTS) is 1. The molecular weight excluding hydrogens is 192 g/mol. The molecule has 0 aromatic heterocycles. The normalized spacial score (nSPS) is 29.3. The highest BCUT2D eigenvalue weighted by atomic mass is 16.4. The third-order valence-electron chi connectivity index (χ3n) is 3.42. The Kier molecular flexibility index (Phi) is 3.26. The Morgan fingerprint density at radius 1 is 1.40 bits per heavy atom. The molecule has 4 heteroatoms. The molecule has 1 atom stereocenters. The highest BCUT2D eigenvalue weighted by Gasteiger charge is 2.35. The minimum atomic E-state index is -0.688. The number of carboxylic acids is 1. The number of rotatable bonds is 4. The van der Waals surface area contributed by atoms with Gasteiger partial charge in [-0.25, -0.2) is 0 Å². The molecule has 2 fully saturated rings. The molecule has 1 aliphatic heterocycles. The lowest BCUT2D eigenvalue weighted by Crippen LogP contribution is -2.52. The van der Waals surface area contributed by atoms with E-state index >= 15 is 0 Å². The van der Waals surface area contributed by atoms with E-state index in [9.17, 15) is 4.79 Å². The van der Waals surface area contributed by atoms with E-state index in [1.807, 2.05) is 0 Å². The van der Waals surface area contributed by atoms with Gasteiger partial charge in [0.25, 0.3) is 0 Å². The average molecular weight is 212 g/mol. The van der Waals surface area contributed by atoms with Crippen LogP contribution in [0.2, 0.25) is 0 Å². The maximum Gasteiger partial charge on any atom is 0.304 e. The van der Waals surface area contributed by atoms with Gasteiger partial charge in [-0.1, -0.05) is 0 Å². The van der Waals surface area contributed by atoms with Crippen molar-refractivity contribution in [3.05, 3.63) is 0 Å². The maximum absolute atomic E-state index is 10.5. The summed E-state index contributed by atoms with van der Waals surface area (Å²) >= 11 is 0. The third kappa shape index (κ3) is 2.92. The number of piperazine rings is 1. The highest BCUT2D eigenvalue weighted by Crippen LogP contribution is 2.29. The standard InChI is InChI=1S/C11H20N2O2/c1-9-8-12(5-4-11(14)15)6-7-13(9)10-2-3-10/h9-10H,2-8H2,1H3,(H,14,15). The summed E-state index contributed by atoms with van der Waals surface area (Å²) in [5, 5.41) is 8.62. The molecule has 0 aromatic carbocycles. The van der Waals surface area contributed by atoms with Crippen molar-refractivity contribution in [2.24, 2.45) is 0 Å². The Hall–Kier alpha value is -0.610. The molecule has 0 spiro atoms. The Balaban J connectivity index is 1.74. The second-order valence-electron chi connectivity index (χ2n) is 4.76. The fourth-order valence-corrected chi connectivity index (χ4v) is 2.45. The van der Waals surface area contributed by atoms with Gasteiger partial charge in [-0.05, 0) is 19.8 Å². The van der Waals surface area contributed by atoms with Gasteiger partial charge in [0.05, 0.1) is 6.42 Å². The van der Waals surface area contributed by atoms with E-state index < -0.39 is 5.97 Å². The van der Waals surface area contributed by atoms with Crippen LogP contribution in [0.1, 0.15) is 26.2 Å². The van der Waals surface area contributed by atoms with Crippen molar-refractivity contribution in [2.75, 3.05) is 26.2 Å². The lowest BCUT2D eigenvalue weighted by atomic mass is 10.2. The van der Waals surface area contributed by atoms with Crippen LogP contribution in [0.25, 0.3) is 0 Å². The van der Waals surface area contributed by atoms with E-state index in [1.54, 1.807) is 0 Å². The molecule has 1 saturated carbocycles. The summed E-state index contributed by atoms with van der Waals surface area (Å²) < 4.78 is 0. The smallest absolute Gasteiger partial charge is 0.304 e. The largest absolute Gasteiger partial charge is 0.481 e. The van der Waals surface area contributed by atoms with Crippen LogP contribution in [-0.2, 0) is 4.79 Å². The first-order valence-electron chi connectivity index (χ1n) is 5.86. The van der Waals surface area contributed by atoms with Crippen molar-refractivity contribution in [3.8, 4) is 0 Å². The zero-order valence-electron chi connectivity index (χ0n) is 9.35. The molecule has 2 aliphatic rings. The van der Waals surface area contributed by atoms with Gasteiger partial charge < -0.3 is 5.11 Å². The van der Waals surface area contributed by atoms with Gasteiger partial charge in [-0.3, -0.25) is 14.6 Å². The van der Waals surface area contributed by atoms with Crippen LogP contribution >= 0.6 is 0 Å². The maximum atomic E-state index is 10.5. The number of hydrogen-bond donors (Lipinski definition) is 1. The zero-order chi connectivity index (χ0) is 10.8. The predicted molar refractivity (Wildman–Crippen MR) is 57.9 cm³/mol. The monoisotopic (exact) mass is 212 g/mol. The molecule has 1 aliphatic carbocycles. The lowest BCUT2D eigenvalue weighted by molar-refractivity contribution is -0.137. The summed E-state index contributed by atoms with van der Waals surface area (Å²) in [6, 6.07) is 1.43. The van der Waals surface area contributed by atoms with E-state index in [2.05, 4.69) is 16.7 Å². The summed E-state index contributed by atoms with van der Waals surface area (Å²) in [5.41, 5.74) is 0. The van der Waals surface area contributed by atoms with Crippen LogP contribution in [0.4, 0.5) is 0 Å². The van der Waals surface area contributed by atoms with Crippen molar-refractivity contribution in [3.63, 3.8) is 0 Å². The van der Waals surface area contributed by atoms with Crippen LogP contribution in [0.5, 0.6) is 0 Å². The minimum absolute atomic E-state index is 0.274.